The maximum atomic E-state index is 6.07. The van der Waals surface area contributed by atoms with Crippen LogP contribution in [0.25, 0.3) is 11.1 Å². The van der Waals surface area contributed by atoms with Gasteiger partial charge in [0, 0.05) is 15.6 Å². The van der Waals surface area contributed by atoms with E-state index in [2.05, 4.69) is 0 Å². The molecule has 0 aromatic heterocycles. The van der Waals surface area contributed by atoms with Gasteiger partial charge in [0.05, 0.1) is 0 Å². The lowest BCUT2D eigenvalue weighted by Crippen LogP contribution is -1.87. The fourth-order valence-corrected chi connectivity index (χ4v) is 1.70. The Labute approximate surface area is 138 Å². The first-order valence-corrected chi connectivity index (χ1v) is 7.23. The Morgan fingerprint density at radius 1 is 0.789 bits per heavy atom. The molecule has 0 bridgehead atoms. The predicted molar refractivity (Wildman–Crippen MR) is 87.9 cm³/mol. The number of alkyl halides is 3. The minimum atomic E-state index is -1.08. The van der Waals surface area contributed by atoms with Crippen molar-refractivity contribution in [3.05, 3.63) is 58.6 Å². The molecule has 2 aromatic rings. The topological polar surface area (TPSA) is 0 Å². The van der Waals surface area contributed by atoms with E-state index in [1.807, 2.05) is 48.5 Å². The van der Waals surface area contributed by atoms with Gasteiger partial charge >= 0.3 is 0 Å². The molecular formula is C14H11Cl5. The first-order valence-electron chi connectivity index (χ1n) is 5.34. The lowest BCUT2D eigenvalue weighted by Gasteiger charge is -2.03. The van der Waals surface area contributed by atoms with Gasteiger partial charge in [-0.1, -0.05) is 88.3 Å². The monoisotopic (exact) mass is 354 g/mol. The Morgan fingerprint density at radius 2 is 1.26 bits per heavy atom. The van der Waals surface area contributed by atoms with E-state index in [1.165, 1.54) is 6.92 Å². The molecule has 2 aromatic carbocycles. The van der Waals surface area contributed by atoms with E-state index < -0.39 is 3.79 Å². The first kappa shape index (κ1) is 16.9. The summed E-state index contributed by atoms with van der Waals surface area (Å²) in [6.45, 7) is 1.48. The van der Waals surface area contributed by atoms with Crippen molar-refractivity contribution < 1.29 is 0 Å². The first-order chi connectivity index (χ1) is 8.77. The Kier molecular flexibility index (Phi) is 6.79. The van der Waals surface area contributed by atoms with Crippen LogP contribution in [0, 0.1) is 0 Å². The average molecular weight is 357 g/mol. The Hall–Kier alpha value is -0.110. The van der Waals surface area contributed by atoms with E-state index in [1.54, 1.807) is 0 Å². The summed E-state index contributed by atoms with van der Waals surface area (Å²) in [7, 11) is 0. The zero-order valence-corrected chi connectivity index (χ0v) is 13.8. The van der Waals surface area contributed by atoms with Gasteiger partial charge in [-0.25, -0.2) is 0 Å². The van der Waals surface area contributed by atoms with Crippen LogP contribution < -0.4 is 0 Å². The van der Waals surface area contributed by atoms with Crippen molar-refractivity contribution in [2.24, 2.45) is 0 Å². The summed E-state index contributed by atoms with van der Waals surface area (Å²) in [5, 5.41) is 1.50. The number of rotatable bonds is 1. The normalized spacial score (nSPS) is 10.6. The number of benzene rings is 2. The number of hydrogen-bond donors (Lipinski definition) is 0. The van der Waals surface area contributed by atoms with E-state index in [0.29, 0.717) is 0 Å². The highest BCUT2D eigenvalue weighted by Gasteiger charge is 2.07. The Bertz CT molecular complexity index is 508. The summed E-state index contributed by atoms with van der Waals surface area (Å²) >= 11 is 27.1. The molecule has 0 unspecified atom stereocenters. The van der Waals surface area contributed by atoms with Crippen LogP contribution in [0.3, 0.4) is 0 Å². The van der Waals surface area contributed by atoms with Gasteiger partial charge in [0.2, 0.25) is 0 Å². The molecule has 0 aliphatic carbocycles. The van der Waals surface area contributed by atoms with Crippen LogP contribution in [0.1, 0.15) is 6.92 Å². The quantitative estimate of drug-likeness (QED) is 0.481. The molecule has 5 heteroatoms. The minimum Gasteiger partial charge on any atom is -0.0843 e. The van der Waals surface area contributed by atoms with E-state index in [-0.39, 0.29) is 0 Å². The van der Waals surface area contributed by atoms with Gasteiger partial charge in [0.15, 0.2) is 3.79 Å². The van der Waals surface area contributed by atoms with E-state index in [0.717, 1.165) is 21.2 Å². The summed E-state index contributed by atoms with van der Waals surface area (Å²) in [4.78, 5) is 0. The molecule has 0 atom stereocenters. The van der Waals surface area contributed by atoms with Gasteiger partial charge in [-0.05, 0) is 30.7 Å². The second kappa shape index (κ2) is 7.61. The van der Waals surface area contributed by atoms with Crippen LogP contribution in [-0.2, 0) is 0 Å². The second-order valence-electron chi connectivity index (χ2n) is 3.77. The smallest absolute Gasteiger partial charge is 0.0843 e. The molecule has 0 spiro atoms. The largest absolute Gasteiger partial charge is 0.187 e. The molecular weight excluding hydrogens is 345 g/mol. The SMILES string of the molecule is CC(Cl)(Cl)Cl.Clc1ccc(-c2ccccc2Cl)cc1. The van der Waals surface area contributed by atoms with Crippen LogP contribution >= 0.6 is 58.0 Å². The third-order valence-corrected chi connectivity index (χ3v) is 2.61. The van der Waals surface area contributed by atoms with Gasteiger partial charge in [-0.3, -0.25) is 0 Å². The molecule has 102 valence electrons. The zero-order valence-electron chi connectivity index (χ0n) is 10.0. The fraction of sp³-hybridized carbons (Fsp3) is 0.143. The summed E-state index contributed by atoms with van der Waals surface area (Å²) in [5.74, 6) is 0. The summed E-state index contributed by atoms with van der Waals surface area (Å²) in [6.07, 6.45) is 0. The van der Waals surface area contributed by atoms with Crippen molar-refractivity contribution in [2.75, 3.05) is 0 Å². The van der Waals surface area contributed by atoms with Crippen molar-refractivity contribution in [1.82, 2.24) is 0 Å². The van der Waals surface area contributed by atoms with Gasteiger partial charge in [-0.15, -0.1) is 0 Å². The van der Waals surface area contributed by atoms with Gasteiger partial charge < -0.3 is 0 Å². The van der Waals surface area contributed by atoms with Crippen LogP contribution in [-0.4, -0.2) is 3.79 Å². The molecule has 0 nitrogen and oxygen atoms in total. The molecule has 0 aliphatic heterocycles. The molecule has 0 N–H and O–H groups in total. The highest BCUT2D eigenvalue weighted by Crippen LogP contribution is 2.28. The number of hydrogen-bond acceptors (Lipinski definition) is 0. The van der Waals surface area contributed by atoms with Crippen molar-refractivity contribution in [1.29, 1.82) is 0 Å². The van der Waals surface area contributed by atoms with Crippen molar-refractivity contribution in [2.45, 2.75) is 10.7 Å². The lowest BCUT2D eigenvalue weighted by molar-refractivity contribution is 1.27. The second-order valence-corrected chi connectivity index (χ2v) is 7.46. The van der Waals surface area contributed by atoms with Crippen LogP contribution in [0.5, 0.6) is 0 Å². The van der Waals surface area contributed by atoms with Gasteiger partial charge in [0.25, 0.3) is 0 Å². The molecule has 0 amide bonds. The zero-order chi connectivity index (χ0) is 14.5. The van der Waals surface area contributed by atoms with Gasteiger partial charge in [-0.2, -0.15) is 0 Å². The Balaban J connectivity index is 0.000000312. The van der Waals surface area contributed by atoms with Crippen LogP contribution in [0.4, 0.5) is 0 Å². The standard InChI is InChI=1S/C12H8Cl2.C2H3Cl3/c13-10-7-5-9(6-8-10)11-3-1-2-4-12(11)14;1-2(3,4)5/h1-8H;1H3. The fourth-order valence-electron chi connectivity index (χ4n) is 1.32. The number of halogens is 5. The molecule has 0 fully saturated rings. The van der Waals surface area contributed by atoms with Crippen molar-refractivity contribution >= 4 is 58.0 Å². The predicted octanol–water partition coefficient (Wildman–Crippen LogP) is 7.04. The molecule has 0 heterocycles. The molecule has 2 rings (SSSR count). The Morgan fingerprint density at radius 3 is 1.74 bits per heavy atom. The molecule has 0 saturated heterocycles. The average Bonchev–Trinajstić information content (AvgIpc) is 2.29. The third-order valence-electron chi connectivity index (χ3n) is 2.03. The van der Waals surface area contributed by atoms with E-state index in [4.69, 9.17) is 58.0 Å². The maximum Gasteiger partial charge on any atom is 0.187 e. The summed E-state index contributed by atoms with van der Waals surface area (Å²) in [6, 6.07) is 15.4. The van der Waals surface area contributed by atoms with Crippen molar-refractivity contribution in [3.63, 3.8) is 0 Å². The third kappa shape index (κ3) is 7.29. The summed E-state index contributed by atoms with van der Waals surface area (Å²) in [5.41, 5.74) is 2.12. The molecule has 19 heavy (non-hydrogen) atoms. The van der Waals surface area contributed by atoms with Crippen LogP contribution in [0.2, 0.25) is 10.0 Å². The minimum absolute atomic E-state index is 0.737. The summed E-state index contributed by atoms with van der Waals surface area (Å²) < 4.78 is -1.08. The maximum absolute atomic E-state index is 6.07. The highest BCUT2D eigenvalue weighted by molar-refractivity contribution is 6.67. The van der Waals surface area contributed by atoms with E-state index >= 15 is 0 Å². The van der Waals surface area contributed by atoms with Crippen LogP contribution in [0.15, 0.2) is 48.5 Å². The lowest BCUT2D eigenvalue weighted by atomic mass is 10.1. The van der Waals surface area contributed by atoms with Crippen molar-refractivity contribution in [3.8, 4) is 11.1 Å². The van der Waals surface area contributed by atoms with Gasteiger partial charge in [0.1, 0.15) is 0 Å². The highest BCUT2D eigenvalue weighted by atomic mass is 35.6. The molecule has 0 radical (unpaired) electrons. The molecule has 0 saturated carbocycles. The molecule has 0 aliphatic rings. The van der Waals surface area contributed by atoms with E-state index in [9.17, 15) is 0 Å².